The number of para-hydroxylation sites is 2. The van der Waals surface area contributed by atoms with Crippen molar-refractivity contribution in [2.24, 2.45) is 0 Å². The van der Waals surface area contributed by atoms with E-state index in [1.807, 2.05) is 48.5 Å². The lowest BCUT2D eigenvalue weighted by Gasteiger charge is -2.36. The molecule has 0 atom stereocenters. The molecule has 0 N–H and O–H groups in total. The van der Waals surface area contributed by atoms with Gasteiger partial charge in [0.1, 0.15) is 11.5 Å². The van der Waals surface area contributed by atoms with Gasteiger partial charge in [0.05, 0.1) is 11.1 Å². The molecule has 0 aliphatic heterocycles. The van der Waals surface area contributed by atoms with Crippen molar-refractivity contribution in [3.8, 4) is 58.9 Å². The Morgan fingerprint density at radius 2 is 0.806 bits per heavy atom. The number of rotatable bonds is 4. The van der Waals surface area contributed by atoms with E-state index in [9.17, 15) is 0 Å². The highest BCUT2D eigenvalue weighted by Gasteiger charge is 2.40. The second-order valence-electron chi connectivity index (χ2n) is 11.7. The molecule has 0 saturated carbocycles. The quantitative estimate of drug-likeness (QED) is 0.308. The van der Waals surface area contributed by atoms with E-state index >= 15 is 0 Å². The van der Waals surface area contributed by atoms with Crippen molar-refractivity contribution in [3.63, 3.8) is 0 Å². The van der Waals surface area contributed by atoms with Crippen LogP contribution in [0.25, 0.3) is 0 Å². The number of hydrogen-bond acceptors (Lipinski definition) is 2. The molecule has 0 heterocycles. The van der Waals surface area contributed by atoms with Gasteiger partial charge < -0.3 is 8.85 Å². The number of benzene rings is 2. The molecule has 2 nitrogen and oxygen atoms in total. The topological polar surface area (TPSA) is 18.5 Å². The Hall–Kier alpha value is -3.29. The smallest absolute Gasteiger partial charge is 0.250 e. The van der Waals surface area contributed by atoms with Crippen LogP contribution in [0.5, 0.6) is 11.5 Å². The standard InChI is InChI=1S/C32H38O2Si2/c1-31(2,3)35(7,8)33-29-25-19-17-23-27(29)21-15-13-11-12-14-16-22-28-24-18-20-26-30(28)34-36(9,10)32(4,5)6/h17-20,23-26H,1-10H3. The average Bonchev–Trinajstić information content (AvgIpc) is 2.75. The van der Waals surface area contributed by atoms with E-state index < -0.39 is 16.6 Å². The average molecular weight is 511 g/mol. The van der Waals surface area contributed by atoms with Gasteiger partial charge in [0.2, 0.25) is 0 Å². The summed E-state index contributed by atoms with van der Waals surface area (Å²) < 4.78 is 12.9. The third-order valence-corrected chi connectivity index (χ3v) is 15.5. The van der Waals surface area contributed by atoms with Gasteiger partial charge in [-0.1, -0.05) is 65.8 Å². The molecule has 0 fully saturated rings. The van der Waals surface area contributed by atoms with Crippen molar-refractivity contribution in [2.45, 2.75) is 77.8 Å². The van der Waals surface area contributed by atoms with Gasteiger partial charge in [0.25, 0.3) is 16.6 Å². The maximum atomic E-state index is 6.44. The summed E-state index contributed by atoms with van der Waals surface area (Å²) in [4.78, 5) is 0. The predicted molar refractivity (Wildman–Crippen MR) is 158 cm³/mol. The largest absolute Gasteiger partial charge is 0.543 e. The van der Waals surface area contributed by atoms with Gasteiger partial charge in [-0.3, -0.25) is 0 Å². The Labute approximate surface area is 221 Å². The summed E-state index contributed by atoms with van der Waals surface area (Å²) in [6.45, 7) is 22.2. The van der Waals surface area contributed by atoms with Gasteiger partial charge in [-0.05, 0) is 108 Å². The van der Waals surface area contributed by atoms with E-state index in [-0.39, 0.29) is 10.1 Å². The summed E-state index contributed by atoms with van der Waals surface area (Å²) >= 11 is 0. The number of hydrogen-bond donors (Lipinski definition) is 0. The second kappa shape index (κ2) is 11.6. The first-order chi connectivity index (χ1) is 16.6. The molecule has 0 aliphatic carbocycles. The lowest BCUT2D eigenvalue weighted by Crippen LogP contribution is -2.44. The van der Waals surface area contributed by atoms with Crippen LogP contribution < -0.4 is 8.85 Å². The lowest BCUT2D eigenvalue weighted by atomic mass is 10.2. The molecule has 0 saturated heterocycles. The SMILES string of the molecule is CC(C)(C)[Si](C)(C)Oc1ccccc1C#CC#CC#CC#Cc1ccccc1O[Si](C)(C)C(C)(C)C. The van der Waals surface area contributed by atoms with Crippen molar-refractivity contribution >= 4 is 16.6 Å². The van der Waals surface area contributed by atoms with Gasteiger partial charge in [0, 0.05) is 0 Å². The zero-order valence-electron chi connectivity index (χ0n) is 23.4. The summed E-state index contributed by atoms with van der Waals surface area (Å²) in [5.41, 5.74) is 1.67. The fraction of sp³-hybridized carbons (Fsp3) is 0.375. The van der Waals surface area contributed by atoms with Gasteiger partial charge in [0.15, 0.2) is 0 Å². The predicted octanol–water partition coefficient (Wildman–Crippen LogP) is 7.86. The van der Waals surface area contributed by atoms with Gasteiger partial charge >= 0.3 is 0 Å². The summed E-state index contributed by atoms with van der Waals surface area (Å²) in [5.74, 6) is 24.7. The molecule has 2 aromatic rings. The molecular weight excluding hydrogens is 473 g/mol. The van der Waals surface area contributed by atoms with E-state index in [2.05, 4.69) is 115 Å². The van der Waals surface area contributed by atoms with Gasteiger partial charge in [-0.2, -0.15) is 0 Å². The normalized spacial score (nSPS) is 11.3. The summed E-state index contributed by atoms with van der Waals surface area (Å²) in [7, 11) is -3.90. The zero-order valence-corrected chi connectivity index (χ0v) is 25.4. The minimum atomic E-state index is -1.95. The maximum absolute atomic E-state index is 6.44. The first-order valence-electron chi connectivity index (χ1n) is 12.2. The van der Waals surface area contributed by atoms with Crippen LogP contribution in [0.1, 0.15) is 52.7 Å². The van der Waals surface area contributed by atoms with E-state index in [0.29, 0.717) is 0 Å². The second-order valence-corrected chi connectivity index (χ2v) is 21.2. The molecule has 0 radical (unpaired) electrons. The Kier molecular flexibility index (Phi) is 9.35. The van der Waals surface area contributed by atoms with Crippen molar-refractivity contribution in [2.75, 3.05) is 0 Å². The molecule has 0 aliphatic rings. The fourth-order valence-corrected chi connectivity index (χ4v) is 4.56. The maximum Gasteiger partial charge on any atom is 0.250 e. The van der Waals surface area contributed by atoms with Crippen LogP contribution in [0, 0.1) is 47.4 Å². The van der Waals surface area contributed by atoms with E-state index in [4.69, 9.17) is 8.85 Å². The molecule has 0 spiro atoms. The van der Waals surface area contributed by atoms with Gasteiger partial charge in [-0.15, -0.1) is 0 Å². The van der Waals surface area contributed by atoms with Crippen LogP contribution in [-0.2, 0) is 0 Å². The Balaban J connectivity index is 2.14. The lowest BCUT2D eigenvalue weighted by molar-refractivity contribution is 0.491. The molecule has 36 heavy (non-hydrogen) atoms. The van der Waals surface area contributed by atoms with Crippen molar-refractivity contribution in [3.05, 3.63) is 59.7 Å². The van der Waals surface area contributed by atoms with Gasteiger partial charge in [-0.25, -0.2) is 0 Å². The van der Waals surface area contributed by atoms with E-state index in [1.54, 1.807) is 0 Å². The van der Waals surface area contributed by atoms with Crippen LogP contribution in [-0.4, -0.2) is 16.6 Å². The van der Waals surface area contributed by atoms with E-state index in [0.717, 1.165) is 22.6 Å². The summed E-state index contributed by atoms with van der Waals surface area (Å²) in [6, 6.07) is 15.7. The van der Waals surface area contributed by atoms with Crippen LogP contribution in [0.3, 0.4) is 0 Å². The molecule has 2 rings (SSSR count). The third kappa shape index (κ3) is 8.14. The molecule has 186 valence electrons. The molecule has 0 unspecified atom stereocenters. The van der Waals surface area contributed by atoms with Crippen LogP contribution in [0.4, 0.5) is 0 Å². The third-order valence-electron chi connectivity index (χ3n) is 6.82. The summed E-state index contributed by atoms with van der Waals surface area (Å²) in [5, 5.41) is 0.225. The van der Waals surface area contributed by atoms with E-state index in [1.165, 1.54) is 0 Å². The van der Waals surface area contributed by atoms with Crippen molar-refractivity contribution in [1.29, 1.82) is 0 Å². The first-order valence-corrected chi connectivity index (χ1v) is 18.0. The minimum Gasteiger partial charge on any atom is -0.543 e. The Bertz CT molecular complexity index is 1220. The first kappa shape index (κ1) is 28.9. The van der Waals surface area contributed by atoms with Crippen LogP contribution >= 0.6 is 0 Å². The van der Waals surface area contributed by atoms with Crippen molar-refractivity contribution < 1.29 is 8.85 Å². The highest BCUT2D eigenvalue weighted by molar-refractivity contribution is 6.75. The monoisotopic (exact) mass is 510 g/mol. The highest BCUT2D eigenvalue weighted by Crippen LogP contribution is 2.39. The van der Waals surface area contributed by atoms with Crippen LogP contribution in [0.15, 0.2) is 48.5 Å². The fourth-order valence-electron chi connectivity index (χ4n) is 2.50. The molecular formula is C32H38O2Si2. The van der Waals surface area contributed by atoms with Crippen LogP contribution in [0.2, 0.25) is 36.3 Å². The Morgan fingerprint density at radius 1 is 0.500 bits per heavy atom. The highest BCUT2D eigenvalue weighted by atomic mass is 28.4. The van der Waals surface area contributed by atoms with Crippen molar-refractivity contribution in [1.82, 2.24) is 0 Å². The Morgan fingerprint density at radius 3 is 1.14 bits per heavy atom. The molecule has 0 aromatic heterocycles. The molecule has 4 heteroatoms. The minimum absolute atomic E-state index is 0.112. The zero-order chi connectivity index (χ0) is 27.0. The molecule has 0 bridgehead atoms. The summed E-state index contributed by atoms with van der Waals surface area (Å²) in [6.07, 6.45) is 0. The molecule has 2 aromatic carbocycles. The molecule has 0 amide bonds.